The Kier molecular flexibility index (Phi) is 7.62. The van der Waals surface area contributed by atoms with Gasteiger partial charge in [-0.1, -0.05) is 152 Å². The topological polar surface area (TPSA) is 0 Å². The van der Waals surface area contributed by atoms with Crippen LogP contribution in [0.25, 0.3) is 0 Å². The predicted octanol–water partition coefficient (Wildman–Crippen LogP) is 6.99. The third-order valence-corrected chi connectivity index (χ3v) is 11.7. The first-order chi connectivity index (χ1) is 16.9. The van der Waals surface area contributed by atoms with Gasteiger partial charge in [0.2, 0.25) is 0 Å². The van der Waals surface area contributed by atoms with Crippen molar-refractivity contribution in [2.24, 2.45) is 0 Å². The summed E-state index contributed by atoms with van der Waals surface area (Å²) < 4.78 is 0. The summed E-state index contributed by atoms with van der Waals surface area (Å²) >= 11 is 0. The molecule has 0 saturated carbocycles. The number of hydrogen-bond acceptors (Lipinski definition) is 0. The van der Waals surface area contributed by atoms with Crippen molar-refractivity contribution in [1.82, 2.24) is 0 Å². The molecule has 5 aromatic carbocycles. The van der Waals surface area contributed by atoms with Gasteiger partial charge in [0.15, 0.2) is 0 Å². The van der Waals surface area contributed by atoms with Crippen LogP contribution in [0.3, 0.4) is 0 Å². The highest BCUT2D eigenvalue weighted by Crippen LogP contribution is 2.54. The summed E-state index contributed by atoms with van der Waals surface area (Å²) in [6.07, 6.45) is 1.11. The van der Waals surface area contributed by atoms with Crippen LogP contribution in [0, 0.1) is 0 Å². The van der Waals surface area contributed by atoms with Gasteiger partial charge in [-0.05, 0) is 48.8 Å². The van der Waals surface area contributed by atoms with Gasteiger partial charge in [-0.2, -0.15) is 0 Å². The fourth-order valence-corrected chi connectivity index (χ4v) is 10.4. The van der Waals surface area contributed by atoms with E-state index in [0.29, 0.717) is 5.66 Å². The third kappa shape index (κ3) is 5.37. The Labute approximate surface area is 205 Å². The van der Waals surface area contributed by atoms with Crippen LogP contribution >= 0.6 is 15.8 Å². The molecule has 0 aliphatic rings. The van der Waals surface area contributed by atoms with Crippen molar-refractivity contribution in [1.29, 1.82) is 0 Å². The van der Waals surface area contributed by atoms with Crippen molar-refractivity contribution in [2.75, 3.05) is 6.16 Å². The van der Waals surface area contributed by atoms with Crippen LogP contribution in [0.5, 0.6) is 0 Å². The Hall–Kier alpha value is -3.04. The quantitative estimate of drug-likeness (QED) is 0.213. The second kappa shape index (κ2) is 11.4. The first-order valence-corrected chi connectivity index (χ1v) is 14.7. The van der Waals surface area contributed by atoms with Crippen LogP contribution in [-0.4, -0.2) is 6.16 Å². The van der Waals surface area contributed by atoms with Crippen LogP contribution in [0.15, 0.2) is 152 Å². The molecule has 0 nitrogen and oxygen atoms in total. The van der Waals surface area contributed by atoms with Gasteiger partial charge in [0.1, 0.15) is 0 Å². The monoisotopic (exact) mass is 474 g/mol. The molecule has 0 aliphatic heterocycles. The van der Waals surface area contributed by atoms with E-state index in [4.69, 9.17) is 0 Å². The minimum absolute atomic E-state index is 0.410. The van der Waals surface area contributed by atoms with Gasteiger partial charge < -0.3 is 0 Å². The summed E-state index contributed by atoms with van der Waals surface area (Å²) in [7, 11) is -1.10. The Balaban J connectivity index is 1.66. The fraction of sp³-hybridized carbons (Fsp3) is 0.0625. The van der Waals surface area contributed by atoms with E-state index < -0.39 is 15.8 Å². The Morgan fingerprint density at radius 2 is 0.706 bits per heavy atom. The largest absolute Gasteiger partial charge is 0.0622 e. The first kappa shape index (κ1) is 22.7. The van der Waals surface area contributed by atoms with Crippen LogP contribution in [-0.2, 0) is 0 Å². The predicted molar refractivity (Wildman–Crippen MR) is 152 cm³/mol. The molecular weight excluding hydrogens is 446 g/mol. The Morgan fingerprint density at radius 3 is 1.09 bits per heavy atom. The first-order valence-electron chi connectivity index (χ1n) is 11.7. The molecule has 0 aliphatic carbocycles. The highest BCUT2D eigenvalue weighted by atomic mass is 31.1. The molecule has 1 atom stereocenters. The van der Waals surface area contributed by atoms with Gasteiger partial charge in [0.25, 0.3) is 0 Å². The zero-order chi connectivity index (χ0) is 23.0. The molecule has 0 unspecified atom stereocenters. The van der Waals surface area contributed by atoms with Crippen molar-refractivity contribution in [3.05, 3.63) is 157 Å². The molecule has 0 bridgehead atoms. The molecule has 2 heteroatoms. The summed E-state index contributed by atoms with van der Waals surface area (Å²) in [6.45, 7) is 0. The van der Waals surface area contributed by atoms with Gasteiger partial charge >= 0.3 is 0 Å². The maximum Gasteiger partial charge on any atom is 0.0167 e. The highest BCUT2D eigenvalue weighted by Gasteiger charge is 2.30. The number of hydrogen-bond donors (Lipinski definition) is 0. The molecule has 0 radical (unpaired) electrons. The molecule has 5 rings (SSSR count). The molecule has 0 saturated heterocycles. The maximum absolute atomic E-state index is 2.33. The minimum Gasteiger partial charge on any atom is -0.0622 e. The molecular formula is C32H28P2. The van der Waals surface area contributed by atoms with Crippen LogP contribution in [0.1, 0.15) is 11.2 Å². The lowest BCUT2D eigenvalue weighted by atomic mass is 10.2. The number of rotatable bonds is 8. The van der Waals surface area contributed by atoms with Crippen LogP contribution < -0.4 is 21.2 Å². The van der Waals surface area contributed by atoms with E-state index in [2.05, 4.69) is 152 Å². The molecule has 0 fully saturated rings. The average molecular weight is 475 g/mol. The van der Waals surface area contributed by atoms with E-state index in [1.54, 1.807) is 0 Å². The number of benzene rings is 5. The van der Waals surface area contributed by atoms with E-state index in [1.807, 2.05) is 0 Å². The van der Waals surface area contributed by atoms with E-state index in [1.165, 1.54) is 26.8 Å². The molecule has 0 spiro atoms. The van der Waals surface area contributed by atoms with Crippen molar-refractivity contribution in [3.63, 3.8) is 0 Å². The standard InChI is InChI=1S/C32H28P2/c1-6-16-27(17-7-1)32(34(30-22-12-4-13-23-30)31-24-14-5-15-25-31)26-33(28-18-8-2-9-19-28)29-20-10-3-11-21-29/h1-25,32H,26H2/t32-/m1/s1. The Morgan fingerprint density at radius 1 is 0.382 bits per heavy atom. The van der Waals surface area contributed by atoms with Crippen molar-refractivity contribution in [2.45, 2.75) is 5.66 Å². The molecule has 0 aromatic heterocycles. The molecule has 166 valence electrons. The average Bonchev–Trinajstić information content (AvgIpc) is 2.93. The smallest absolute Gasteiger partial charge is 0.0167 e. The third-order valence-electron chi connectivity index (χ3n) is 6.06. The SMILES string of the molecule is c1ccc([C@@H](CP(c2ccccc2)c2ccccc2)P(c2ccccc2)c2ccccc2)cc1. The zero-order valence-electron chi connectivity index (χ0n) is 19.1. The van der Waals surface area contributed by atoms with Gasteiger partial charge in [-0.15, -0.1) is 0 Å². The lowest BCUT2D eigenvalue weighted by Crippen LogP contribution is -2.23. The lowest BCUT2D eigenvalue weighted by molar-refractivity contribution is 1.10. The summed E-state index contributed by atoms with van der Waals surface area (Å²) in [5, 5.41) is 5.77. The molecule has 5 aromatic rings. The van der Waals surface area contributed by atoms with E-state index in [9.17, 15) is 0 Å². The minimum atomic E-state index is -0.588. The maximum atomic E-state index is 2.33. The molecule has 34 heavy (non-hydrogen) atoms. The van der Waals surface area contributed by atoms with E-state index in [-0.39, 0.29) is 0 Å². The van der Waals surface area contributed by atoms with Gasteiger partial charge in [-0.25, -0.2) is 0 Å². The summed E-state index contributed by atoms with van der Waals surface area (Å²) in [4.78, 5) is 0. The summed E-state index contributed by atoms with van der Waals surface area (Å²) in [6, 6.07) is 55.7. The van der Waals surface area contributed by atoms with Gasteiger partial charge in [0, 0.05) is 5.66 Å². The summed E-state index contributed by atoms with van der Waals surface area (Å²) in [5.41, 5.74) is 1.84. The van der Waals surface area contributed by atoms with Crippen LogP contribution in [0.2, 0.25) is 0 Å². The van der Waals surface area contributed by atoms with Gasteiger partial charge in [-0.3, -0.25) is 0 Å². The lowest BCUT2D eigenvalue weighted by Gasteiger charge is -2.33. The zero-order valence-corrected chi connectivity index (χ0v) is 20.9. The van der Waals surface area contributed by atoms with Gasteiger partial charge in [0.05, 0.1) is 0 Å². The van der Waals surface area contributed by atoms with Crippen molar-refractivity contribution in [3.8, 4) is 0 Å². The molecule has 0 heterocycles. The second-order valence-corrected chi connectivity index (χ2v) is 12.9. The van der Waals surface area contributed by atoms with E-state index in [0.717, 1.165) is 6.16 Å². The highest BCUT2D eigenvalue weighted by molar-refractivity contribution is 7.76. The normalized spacial score (nSPS) is 12.1. The van der Waals surface area contributed by atoms with E-state index >= 15 is 0 Å². The summed E-state index contributed by atoms with van der Waals surface area (Å²) in [5.74, 6) is 0. The fourth-order valence-electron chi connectivity index (χ4n) is 4.45. The molecule has 0 amide bonds. The van der Waals surface area contributed by atoms with Crippen LogP contribution in [0.4, 0.5) is 0 Å². The van der Waals surface area contributed by atoms with Crippen molar-refractivity contribution < 1.29 is 0 Å². The Bertz CT molecular complexity index is 1180. The second-order valence-electron chi connectivity index (χ2n) is 8.25. The molecule has 0 N–H and O–H groups in total. The van der Waals surface area contributed by atoms with Crippen molar-refractivity contribution >= 4 is 37.1 Å².